The average Bonchev–Trinajstić information content (AvgIpc) is 3.27. The first-order valence-corrected chi connectivity index (χ1v) is 8.33. The van der Waals surface area contributed by atoms with Gasteiger partial charge in [0.2, 0.25) is 0 Å². The summed E-state index contributed by atoms with van der Waals surface area (Å²) >= 11 is 0. The number of pyridine rings is 1. The van der Waals surface area contributed by atoms with E-state index in [4.69, 9.17) is 0 Å². The third kappa shape index (κ3) is 2.77. The molecule has 3 heterocycles. The number of aromatic nitrogens is 4. The van der Waals surface area contributed by atoms with Gasteiger partial charge in [-0.25, -0.2) is 0 Å². The zero-order valence-electron chi connectivity index (χ0n) is 13.1. The van der Waals surface area contributed by atoms with Gasteiger partial charge < -0.3 is 4.57 Å². The van der Waals surface area contributed by atoms with Gasteiger partial charge in [-0.15, -0.1) is 10.2 Å². The van der Waals surface area contributed by atoms with Gasteiger partial charge in [0.1, 0.15) is 12.2 Å². The Kier molecular flexibility index (Phi) is 3.66. The Morgan fingerprint density at radius 3 is 3.00 bits per heavy atom. The third-order valence-corrected chi connectivity index (χ3v) is 4.90. The Hall–Kier alpha value is -1.75. The van der Waals surface area contributed by atoms with E-state index in [9.17, 15) is 0 Å². The van der Waals surface area contributed by atoms with E-state index in [0.29, 0.717) is 12.0 Å². The van der Waals surface area contributed by atoms with Gasteiger partial charge in [-0.3, -0.25) is 9.88 Å². The number of likely N-dealkylation sites (tertiary alicyclic amines) is 1. The Balaban J connectivity index is 1.47. The lowest BCUT2D eigenvalue weighted by Gasteiger charge is -2.32. The fraction of sp³-hybridized carbons (Fsp3) is 0.588. The minimum Gasteiger partial charge on any atom is -0.314 e. The summed E-state index contributed by atoms with van der Waals surface area (Å²) < 4.78 is 2.32. The standard InChI is InChI=1S/C17H23N5/c1-13-4-2-8-18-16(13)11-21-9-3-5-14(10-21)17-20-19-12-22(17)15-6-7-15/h2,4,8,12,14-15H,3,5-7,9-11H2,1H3. The normalized spacial score (nSPS) is 22.9. The molecule has 2 aromatic heterocycles. The van der Waals surface area contributed by atoms with Crippen molar-refractivity contribution < 1.29 is 0 Å². The Bertz CT molecular complexity index is 646. The van der Waals surface area contributed by atoms with Gasteiger partial charge in [0.25, 0.3) is 0 Å². The molecule has 116 valence electrons. The second-order valence-electron chi connectivity index (χ2n) is 6.67. The first-order chi connectivity index (χ1) is 10.8. The summed E-state index contributed by atoms with van der Waals surface area (Å²) in [6.45, 7) is 5.32. The minimum absolute atomic E-state index is 0.515. The van der Waals surface area contributed by atoms with Crippen molar-refractivity contribution in [2.75, 3.05) is 13.1 Å². The van der Waals surface area contributed by atoms with E-state index in [1.54, 1.807) is 0 Å². The lowest BCUT2D eigenvalue weighted by atomic mass is 9.96. The van der Waals surface area contributed by atoms with Crippen LogP contribution in [-0.2, 0) is 6.54 Å². The van der Waals surface area contributed by atoms with Crippen molar-refractivity contribution in [3.05, 3.63) is 41.7 Å². The maximum atomic E-state index is 4.54. The molecule has 0 amide bonds. The molecule has 1 aliphatic heterocycles. The summed E-state index contributed by atoms with van der Waals surface area (Å²) in [6.07, 6.45) is 8.85. The van der Waals surface area contributed by atoms with Crippen molar-refractivity contribution in [3.8, 4) is 0 Å². The lowest BCUT2D eigenvalue weighted by Crippen LogP contribution is -2.35. The van der Waals surface area contributed by atoms with E-state index < -0.39 is 0 Å². The molecule has 22 heavy (non-hydrogen) atoms. The summed E-state index contributed by atoms with van der Waals surface area (Å²) in [5.74, 6) is 1.71. The zero-order chi connectivity index (χ0) is 14.9. The number of aryl methyl sites for hydroxylation is 1. The van der Waals surface area contributed by atoms with Crippen molar-refractivity contribution in [2.24, 2.45) is 0 Å². The maximum Gasteiger partial charge on any atom is 0.137 e. The number of hydrogen-bond donors (Lipinski definition) is 0. The van der Waals surface area contributed by atoms with Gasteiger partial charge >= 0.3 is 0 Å². The number of piperidine rings is 1. The molecule has 2 aliphatic rings. The molecular formula is C17H23N5. The van der Waals surface area contributed by atoms with Crippen LogP contribution in [0.5, 0.6) is 0 Å². The largest absolute Gasteiger partial charge is 0.314 e. The second-order valence-corrected chi connectivity index (χ2v) is 6.67. The van der Waals surface area contributed by atoms with Gasteiger partial charge in [-0.05, 0) is 50.8 Å². The van der Waals surface area contributed by atoms with E-state index in [1.165, 1.54) is 42.8 Å². The fourth-order valence-electron chi connectivity index (χ4n) is 3.48. The summed E-state index contributed by atoms with van der Waals surface area (Å²) in [4.78, 5) is 7.06. The third-order valence-electron chi connectivity index (χ3n) is 4.90. The Labute approximate surface area is 131 Å². The van der Waals surface area contributed by atoms with Crippen LogP contribution in [0.2, 0.25) is 0 Å². The van der Waals surface area contributed by atoms with Crippen LogP contribution in [0.4, 0.5) is 0 Å². The predicted octanol–water partition coefficient (Wildman–Crippen LogP) is 2.70. The van der Waals surface area contributed by atoms with Crippen LogP contribution < -0.4 is 0 Å². The van der Waals surface area contributed by atoms with Crippen LogP contribution in [0.15, 0.2) is 24.7 Å². The van der Waals surface area contributed by atoms with Crippen molar-refractivity contribution in [1.82, 2.24) is 24.6 Å². The molecule has 4 rings (SSSR count). The first kappa shape index (κ1) is 13.9. The zero-order valence-corrected chi connectivity index (χ0v) is 13.1. The summed E-state index contributed by atoms with van der Waals surface area (Å²) in [7, 11) is 0. The quantitative estimate of drug-likeness (QED) is 0.870. The second kappa shape index (κ2) is 5.80. The van der Waals surface area contributed by atoms with E-state index in [2.05, 4.69) is 37.6 Å². The molecule has 0 aromatic carbocycles. The molecule has 1 aliphatic carbocycles. The Morgan fingerprint density at radius 2 is 2.18 bits per heavy atom. The van der Waals surface area contributed by atoms with Crippen LogP contribution in [0.1, 0.15) is 54.7 Å². The van der Waals surface area contributed by atoms with E-state index in [0.717, 1.165) is 19.6 Å². The van der Waals surface area contributed by atoms with Crippen molar-refractivity contribution in [1.29, 1.82) is 0 Å². The SMILES string of the molecule is Cc1cccnc1CN1CCCC(c2nncn2C2CC2)C1. The summed E-state index contributed by atoms with van der Waals surface area (Å²) in [5.41, 5.74) is 2.48. The van der Waals surface area contributed by atoms with E-state index >= 15 is 0 Å². The van der Waals surface area contributed by atoms with Gasteiger partial charge in [0.05, 0.1) is 5.69 Å². The molecular weight excluding hydrogens is 274 g/mol. The maximum absolute atomic E-state index is 4.54. The number of hydrogen-bond acceptors (Lipinski definition) is 4. The highest BCUT2D eigenvalue weighted by Crippen LogP contribution is 2.38. The first-order valence-electron chi connectivity index (χ1n) is 8.33. The van der Waals surface area contributed by atoms with Gasteiger partial charge in [-0.1, -0.05) is 6.07 Å². The molecule has 5 heteroatoms. The molecule has 0 radical (unpaired) electrons. The van der Waals surface area contributed by atoms with Crippen molar-refractivity contribution >= 4 is 0 Å². The van der Waals surface area contributed by atoms with E-state index in [-0.39, 0.29) is 0 Å². The van der Waals surface area contributed by atoms with Crippen molar-refractivity contribution in [3.63, 3.8) is 0 Å². The highest BCUT2D eigenvalue weighted by molar-refractivity contribution is 5.17. The van der Waals surface area contributed by atoms with Gasteiger partial charge in [-0.2, -0.15) is 0 Å². The highest BCUT2D eigenvalue weighted by atomic mass is 15.3. The van der Waals surface area contributed by atoms with Crippen LogP contribution in [-0.4, -0.2) is 37.7 Å². The van der Waals surface area contributed by atoms with Crippen LogP contribution in [0.3, 0.4) is 0 Å². The average molecular weight is 297 g/mol. The van der Waals surface area contributed by atoms with E-state index in [1.807, 2.05) is 18.6 Å². The van der Waals surface area contributed by atoms with Crippen LogP contribution in [0.25, 0.3) is 0 Å². The minimum atomic E-state index is 0.515. The molecule has 2 fully saturated rings. The fourth-order valence-corrected chi connectivity index (χ4v) is 3.48. The summed E-state index contributed by atoms with van der Waals surface area (Å²) in [5, 5.41) is 8.59. The number of nitrogens with zero attached hydrogens (tertiary/aromatic N) is 5. The molecule has 0 N–H and O–H groups in total. The van der Waals surface area contributed by atoms with Crippen LogP contribution >= 0.6 is 0 Å². The van der Waals surface area contributed by atoms with Crippen LogP contribution in [0, 0.1) is 6.92 Å². The smallest absolute Gasteiger partial charge is 0.137 e. The molecule has 1 saturated heterocycles. The summed E-state index contributed by atoms with van der Waals surface area (Å²) in [6, 6.07) is 4.82. The topological polar surface area (TPSA) is 46.8 Å². The molecule has 2 aromatic rings. The Morgan fingerprint density at radius 1 is 1.27 bits per heavy atom. The lowest BCUT2D eigenvalue weighted by molar-refractivity contribution is 0.192. The number of rotatable bonds is 4. The van der Waals surface area contributed by atoms with Gasteiger partial charge in [0, 0.05) is 31.2 Å². The molecule has 1 atom stereocenters. The van der Waals surface area contributed by atoms with Crippen molar-refractivity contribution in [2.45, 2.75) is 51.1 Å². The molecule has 0 bridgehead atoms. The molecule has 5 nitrogen and oxygen atoms in total. The van der Waals surface area contributed by atoms with Gasteiger partial charge in [0.15, 0.2) is 0 Å². The molecule has 1 unspecified atom stereocenters. The molecule has 1 saturated carbocycles. The monoisotopic (exact) mass is 297 g/mol. The predicted molar refractivity (Wildman–Crippen MR) is 84.5 cm³/mol. The molecule has 0 spiro atoms. The highest BCUT2D eigenvalue weighted by Gasteiger charge is 2.31.